The quantitative estimate of drug-likeness (QED) is 0.537. The molecule has 0 saturated carbocycles. The van der Waals surface area contributed by atoms with Crippen LogP contribution in [0.15, 0.2) is 45.8 Å². The molecule has 0 aliphatic heterocycles. The van der Waals surface area contributed by atoms with Crippen molar-refractivity contribution in [3.63, 3.8) is 0 Å². The van der Waals surface area contributed by atoms with Crippen LogP contribution in [-0.4, -0.2) is 21.2 Å². The van der Waals surface area contributed by atoms with E-state index in [0.29, 0.717) is 0 Å². The zero-order valence-corrected chi connectivity index (χ0v) is 13.3. The van der Waals surface area contributed by atoms with Crippen LogP contribution in [0.5, 0.6) is 0 Å². The minimum atomic E-state index is -9.99. The highest BCUT2D eigenvalue weighted by Gasteiger charge is 2.65. The molecule has 0 unspecified atom stereocenters. The first-order valence-corrected chi connectivity index (χ1v) is 8.42. The third-order valence-electron chi connectivity index (χ3n) is 3.08. The second kappa shape index (κ2) is 5.22. The fraction of sp³-hybridized carbons (Fsp3) is 0.154. The summed E-state index contributed by atoms with van der Waals surface area (Å²) in [6, 6.07) is -0.00493. The van der Waals surface area contributed by atoms with E-state index in [1.807, 2.05) is 0 Å². The molecule has 2 rings (SSSR count). The summed E-state index contributed by atoms with van der Waals surface area (Å²) in [5, 5.41) is 11.6. The lowest BCUT2D eigenvalue weighted by Crippen LogP contribution is -2.18. The molecule has 0 atom stereocenters. The summed E-state index contributed by atoms with van der Waals surface area (Å²) in [5.74, 6) is -7.28. The number of alkyl halides is 2. The van der Waals surface area contributed by atoms with Gasteiger partial charge in [-0.25, -0.2) is 4.79 Å². The number of aromatic nitrogens is 2. The molecule has 0 amide bonds. The van der Waals surface area contributed by atoms with Crippen LogP contribution >= 0.6 is 10.2 Å². The van der Waals surface area contributed by atoms with E-state index in [0.717, 1.165) is 0 Å². The van der Waals surface area contributed by atoms with Crippen LogP contribution in [0.25, 0.3) is 0 Å². The van der Waals surface area contributed by atoms with Gasteiger partial charge >= 0.3 is 22.1 Å². The number of carbonyl (C=O) groups is 1. The molecule has 2 aromatic rings. The smallest absolute Gasteiger partial charge is 0.335 e. The standard InChI is InChI=1S/C13H9F7N2O3S/c1-7(11(23)24)6-10-21-12(22-25-10)13(14,15)8-2-4-9(5-3-8)26(16,17,18,19)20/h2-5H,1,6H2,(H,23,24). The number of carboxylic acid groups (broad SMARTS) is 1. The van der Waals surface area contributed by atoms with E-state index < -0.39 is 56.3 Å². The largest absolute Gasteiger partial charge is 0.478 e. The van der Waals surface area contributed by atoms with Gasteiger partial charge in [0, 0.05) is 11.1 Å². The Morgan fingerprint density at radius 2 is 1.69 bits per heavy atom. The van der Waals surface area contributed by atoms with Gasteiger partial charge in [0.25, 0.3) is 0 Å². The summed E-state index contributed by atoms with van der Waals surface area (Å²) in [6.45, 7) is 3.14. The number of hydrogen-bond acceptors (Lipinski definition) is 4. The highest BCUT2D eigenvalue weighted by atomic mass is 32.5. The van der Waals surface area contributed by atoms with E-state index in [1.54, 1.807) is 0 Å². The average molecular weight is 406 g/mol. The summed E-state index contributed by atoms with van der Waals surface area (Å²) < 4.78 is 95.9. The summed E-state index contributed by atoms with van der Waals surface area (Å²) in [5.41, 5.74) is -1.52. The summed E-state index contributed by atoms with van der Waals surface area (Å²) >= 11 is 0. The Morgan fingerprint density at radius 1 is 1.15 bits per heavy atom. The van der Waals surface area contributed by atoms with Crippen LogP contribution in [0.4, 0.5) is 28.2 Å². The Kier molecular flexibility index (Phi) is 3.96. The molecule has 1 heterocycles. The van der Waals surface area contributed by atoms with Gasteiger partial charge in [-0.15, -0.1) is 0 Å². The van der Waals surface area contributed by atoms with Crippen molar-refractivity contribution in [1.82, 2.24) is 10.1 Å². The van der Waals surface area contributed by atoms with Crippen molar-refractivity contribution in [2.75, 3.05) is 0 Å². The Hall–Kier alpha value is -2.57. The van der Waals surface area contributed by atoms with Crippen molar-refractivity contribution < 1.29 is 42.6 Å². The summed E-state index contributed by atoms with van der Waals surface area (Å²) in [4.78, 5) is 11.5. The maximum absolute atomic E-state index is 14.2. The molecular weight excluding hydrogens is 397 g/mol. The molecule has 1 aromatic heterocycles. The zero-order chi connectivity index (χ0) is 20.0. The number of halogens is 7. The van der Waals surface area contributed by atoms with Crippen LogP contribution in [0.2, 0.25) is 0 Å². The summed E-state index contributed by atoms with van der Waals surface area (Å²) in [6.07, 6.45) is -0.540. The van der Waals surface area contributed by atoms with Crippen LogP contribution in [0.1, 0.15) is 17.3 Å². The van der Waals surface area contributed by atoms with Crippen molar-refractivity contribution in [1.29, 1.82) is 0 Å². The topological polar surface area (TPSA) is 76.2 Å². The Balaban J connectivity index is 2.32. The molecule has 0 aliphatic carbocycles. The van der Waals surface area contributed by atoms with E-state index in [-0.39, 0.29) is 24.3 Å². The van der Waals surface area contributed by atoms with Gasteiger partial charge in [0.05, 0.1) is 6.42 Å². The molecular formula is C13H9F7N2O3S. The number of benzene rings is 1. The van der Waals surface area contributed by atoms with Gasteiger partial charge in [-0.3, -0.25) is 0 Å². The fourth-order valence-electron chi connectivity index (χ4n) is 1.76. The zero-order valence-electron chi connectivity index (χ0n) is 12.4. The first kappa shape index (κ1) is 19.8. The van der Waals surface area contributed by atoms with Crippen molar-refractivity contribution in [3.8, 4) is 0 Å². The van der Waals surface area contributed by atoms with Gasteiger partial charge in [0.2, 0.25) is 11.7 Å². The van der Waals surface area contributed by atoms with Gasteiger partial charge in [0.1, 0.15) is 4.90 Å². The fourth-order valence-corrected chi connectivity index (χ4v) is 2.41. The van der Waals surface area contributed by atoms with Crippen LogP contribution in [0.3, 0.4) is 0 Å². The van der Waals surface area contributed by atoms with E-state index in [9.17, 15) is 33.0 Å². The number of aliphatic carboxylic acids is 1. The highest BCUT2D eigenvalue weighted by molar-refractivity contribution is 8.45. The van der Waals surface area contributed by atoms with E-state index >= 15 is 0 Å². The van der Waals surface area contributed by atoms with Gasteiger partial charge in [0.15, 0.2) is 0 Å². The van der Waals surface area contributed by atoms with Crippen molar-refractivity contribution >= 4 is 16.2 Å². The van der Waals surface area contributed by atoms with Crippen molar-refractivity contribution in [3.05, 3.63) is 53.7 Å². The van der Waals surface area contributed by atoms with Gasteiger partial charge in [-0.1, -0.05) is 43.3 Å². The SMILES string of the molecule is C=C(Cc1nc(C(F)(F)c2ccc(S(F)(F)(F)(F)F)cc2)no1)C(=O)O. The van der Waals surface area contributed by atoms with E-state index in [1.165, 1.54) is 0 Å². The van der Waals surface area contributed by atoms with Crippen molar-refractivity contribution in [2.45, 2.75) is 17.2 Å². The van der Waals surface area contributed by atoms with E-state index in [4.69, 9.17) is 5.11 Å². The molecule has 0 bridgehead atoms. The molecule has 0 saturated heterocycles. The number of nitrogens with zero attached hydrogens (tertiary/aromatic N) is 2. The molecule has 1 N–H and O–H groups in total. The summed E-state index contributed by atoms with van der Waals surface area (Å²) in [7, 11) is -9.99. The molecule has 1 aromatic carbocycles. The minimum absolute atomic E-state index is 0.166. The van der Waals surface area contributed by atoms with E-state index in [2.05, 4.69) is 21.2 Å². The normalized spacial score (nSPS) is 15.2. The highest BCUT2D eigenvalue weighted by Crippen LogP contribution is 3.02. The molecule has 0 fully saturated rings. The first-order chi connectivity index (χ1) is 11.5. The van der Waals surface area contributed by atoms with Gasteiger partial charge in [-0.2, -0.15) is 13.8 Å². The van der Waals surface area contributed by atoms with Crippen LogP contribution < -0.4 is 0 Å². The predicted molar refractivity (Wildman–Crippen MR) is 75.6 cm³/mol. The van der Waals surface area contributed by atoms with Crippen LogP contribution in [-0.2, 0) is 17.1 Å². The minimum Gasteiger partial charge on any atom is -0.478 e. The number of rotatable bonds is 6. The lowest BCUT2D eigenvalue weighted by atomic mass is 10.1. The molecule has 26 heavy (non-hydrogen) atoms. The predicted octanol–water partition coefficient (Wildman–Crippen LogP) is 5.05. The van der Waals surface area contributed by atoms with Crippen LogP contribution in [0, 0.1) is 0 Å². The van der Waals surface area contributed by atoms with Gasteiger partial charge in [-0.05, 0) is 12.1 Å². The molecule has 0 radical (unpaired) electrons. The maximum Gasteiger partial charge on any atom is 0.335 e. The Morgan fingerprint density at radius 3 is 2.15 bits per heavy atom. The lowest BCUT2D eigenvalue weighted by molar-refractivity contribution is -0.132. The Labute approximate surface area is 140 Å². The molecule has 0 spiro atoms. The maximum atomic E-state index is 14.2. The van der Waals surface area contributed by atoms with Crippen molar-refractivity contribution in [2.24, 2.45) is 0 Å². The molecule has 13 heteroatoms. The second-order valence-electron chi connectivity index (χ2n) is 5.16. The number of hydrogen-bond donors (Lipinski definition) is 1. The average Bonchev–Trinajstić information content (AvgIpc) is 2.94. The van der Waals surface area contributed by atoms with Gasteiger partial charge < -0.3 is 9.63 Å². The molecule has 5 nitrogen and oxygen atoms in total. The lowest BCUT2D eigenvalue weighted by Gasteiger charge is -2.40. The third-order valence-corrected chi connectivity index (χ3v) is 4.24. The second-order valence-corrected chi connectivity index (χ2v) is 7.57. The molecule has 144 valence electrons. The molecule has 0 aliphatic rings. The number of carboxylic acids is 1. The monoisotopic (exact) mass is 406 g/mol. The Bertz CT molecular complexity index is 876. The first-order valence-electron chi connectivity index (χ1n) is 6.47. The third kappa shape index (κ3) is 4.15.